The minimum Gasteiger partial charge on any atom is -0.369 e. The third-order valence-electron chi connectivity index (χ3n) is 2.86. The molecule has 0 bridgehead atoms. The maximum Gasteiger partial charge on any atom is 0.163 e. The molecule has 4 nitrogen and oxygen atoms in total. The fraction of sp³-hybridized carbons (Fsp3) is 0.133. The van der Waals surface area contributed by atoms with Crippen LogP contribution < -0.4 is 5.32 Å². The zero-order valence-corrected chi connectivity index (χ0v) is 12.7. The van der Waals surface area contributed by atoms with Crippen LogP contribution in [0.5, 0.6) is 0 Å². The number of rotatable bonds is 5. The number of halogens is 1. The lowest BCUT2D eigenvalue weighted by molar-refractivity contribution is 0.983. The smallest absolute Gasteiger partial charge is 0.163 e. The van der Waals surface area contributed by atoms with E-state index in [4.69, 9.17) is 11.6 Å². The van der Waals surface area contributed by atoms with Gasteiger partial charge in [0.25, 0.3) is 0 Å². The van der Waals surface area contributed by atoms with Crippen molar-refractivity contribution in [2.45, 2.75) is 6.42 Å². The number of aromatic nitrogens is 3. The lowest BCUT2D eigenvalue weighted by Gasteiger charge is -2.07. The Balaban J connectivity index is 1.72. The molecule has 0 aliphatic heterocycles. The number of anilines is 1. The van der Waals surface area contributed by atoms with Gasteiger partial charge in [0.2, 0.25) is 0 Å². The van der Waals surface area contributed by atoms with Crippen molar-refractivity contribution < 1.29 is 0 Å². The van der Waals surface area contributed by atoms with Crippen molar-refractivity contribution in [2.75, 3.05) is 11.9 Å². The lowest BCUT2D eigenvalue weighted by atomic mass is 10.2. The Bertz CT molecular complexity index is 701. The van der Waals surface area contributed by atoms with Gasteiger partial charge in [-0.15, -0.1) is 11.3 Å². The number of nitrogens with one attached hydrogen (secondary N) is 1. The average molecular weight is 317 g/mol. The van der Waals surface area contributed by atoms with Gasteiger partial charge in [-0.1, -0.05) is 41.9 Å². The van der Waals surface area contributed by atoms with Gasteiger partial charge in [-0.05, 0) is 0 Å². The summed E-state index contributed by atoms with van der Waals surface area (Å²) in [5, 5.41) is 6.78. The summed E-state index contributed by atoms with van der Waals surface area (Å²) in [6.07, 6.45) is 2.68. The third-order valence-corrected chi connectivity index (χ3v) is 3.89. The molecule has 0 atom stereocenters. The van der Waals surface area contributed by atoms with Gasteiger partial charge in [0.15, 0.2) is 5.82 Å². The van der Waals surface area contributed by atoms with E-state index in [-0.39, 0.29) is 0 Å². The molecule has 1 N–H and O–H groups in total. The first-order valence-corrected chi connectivity index (χ1v) is 7.79. The first-order valence-electron chi connectivity index (χ1n) is 6.53. The highest BCUT2D eigenvalue weighted by Gasteiger charge is 2.05. The molecule has 0 amide bonds. The molecule has 0 saturated heterocycles. The van der Waals surface area contributed by atoms with Crippen molar-refractivity contribution in [3.8, 4) is 11.4 Å². The number of nitrogens with zero attached hydrogens (tertiary/aromatic N) is 3. The van der Waals surface area contributed by atoms with Crippen LogP contribution in [-0.2, 0) is 6.42 Å². The summed E-state index contributed by atoms with van der Waals surface area (Å²) in [4.78, 5) is 13.0. The van der Waals surface area contributed by atoms with E-state index in [1.165, 1.54) is 0 Å². The van der Waals surface area contributed by atoms with Gasteiger partial charge in [0.1, 0.15) is 11.0 Å². The molecule has 2 heterocycles. The van der Waals surface area contributed by atoms with Gasteiger partial charge in [-0.25, -0.2) is 15.0 Å². The molecule has 21 heavy (non-hydrogen) atoms. The van der Waals surface area contributed by atoms with Crippen molar-refractivity contribution in [2.24, 2.45) is 0 Å². The maximum atomic E-state index is 6.08. The van der Waals surface area contributed by atoms with Gasteiger partial charge in [0.05, 0.1) is 5.01 Å². The van der Waals surface area contributed by atoms with E-state index in [0.717, 1.165) is 29.4 Å². The van der Waals surface area contributed by atoms with Crippen LogP contribution in [0.4, 0.5) is 5.82 Å². The van der Waals surface area contributed by atoms with Crippen LogP contribution in [0.3, 0.4) is 0 Å². The van der Waals surface area contributed by atoms with Gasteiger partial charge < -0.3 is 5.32 Å². The van der Waals surface area contributed by atoms with E-state index >= 15 is 0 Å². The molecule has 1 aromatic carbocycles. The third kappa shape index (κ3) is 3.77. The van der Waals surface area contributed by atoms with Crippen LogP contribution in [0.15, 0.2) is 48.0 Å². The molecular weight excluding hydrogens is 304 g/mol. The largest absolute Gasteiger partial charge is 0.369 e. The van der Waals surface area contributed by atoms with E-state index in [0.29, 0.717) is 11.0 Å². The summed E-state index contributed by atoms with van der Waals surface area (Å²) in [6.45, 7) is 0.759. The zero-order chi connectivity index (χ0) is 14.5. The quantitative estimate of drug-likeness (QED) is 0.725. The fourth-order valence-electron chi connectivity index (χ4n) is 1.90. The van der Waals surface area contributed by atoms with Crippen LogP contribution in [-0.4, -0.2) is 21.5 Å². The van der Waals surface area contributed by atoms with Gasteiger partial charge in [-0.3, -0.25) is 0 Å². The predicted octanol–water partition coefficient (Wildman–Crippen LogP) is 3.91. The highest BCUT2D eigenvalue weighted by atomic mass is 35.5. The van der Waals surface area contributed by atoms with Crippen molar-refractivity contribution in [1.29, 1.82) is 0 Å². The summed E-state index contributed by atoms with van der Waals surface area (Å²) in [7, 11) is 0. The summed E-state index contributed by atoms with van der Waals surface area (Å²) in [5.41, 5.74) is 0.947. The molecule has 106 valence electrons. The van der Waals surface area contributed by atoms with E-state index < -0.39 is 0 Å². The SMILES string of the molecule is Clc1cc(NCCc2nccs2)nc(-c2ccccc2)n1. The van der Waals surface area contributed by atoms with Gasteiger partial charge >= 0.3 is 0 Å². The first-order chi connectivity index (χ1) is 10.3. The standard InChI is InChI=1S/C15H13ClN4S/c16-12-10-13(17-7-6-14-18-8-9-21-14)20-15(19-12)11-4-2-1-3-5-11/h1-5,8-10H,6-7H2,(H,17,19,20). The summed E-state index contributed by atoms with van der Waals surface area (Å²) >= 11 is 7.73. The Morgan fingerprint density at radius 3 is 2.76 bits per heavy atom. The number of benzene rings is 1. The molecule has 2 aromatic heterocycles. The van der Waals surface area contributed by atoms with E-state index in [1.807, 2.05) is 41.9 Å². The highest BCUT2D eigenvalue weighted by molar-refractivity contribution is 7.09. The highest BCUT2D eigenvalue weighted by Crippen LogP contribution is 2.20. The predicted molar refractivity (Wildman–Crippen MR) is 86.8 cm³/mol. The van der Waals surface area contributed by atoms with Crippen LogP contribution >= 0.6 is 22.9 Å². The minimum atomic E-state index is 0.431. The van der Waals surface area contributed by atoms with Crippen LogP contribution in [0.2, 0.25) is 5.15 Å². The Morgan fingerprint density at radius 2 is 2.00 bits per heavy atom. The lowest BCUT2D eigenvalue weighted by Crippen LogP contribution is -2.07. The Morgan fingerprint density at radius 1 is 1.14 bits per heavy atom. The molecule has 0 aliphatic carbocycles. The molecule has 3 rings (SSSR count). The van der Waals surface area contributed by atoms with E-state index in [2.05, 4.69) is 20.3 Å². The van der Waals surface area contributed by atoms with Crippen LogP contribution in [0.1, 0.15) is 5.01 Å². The molecule has 0 saturated carbocycles. The summed E-state index contributed by atoms with van der Waals surface area (Å²) in [6, 6.07) is 11.5. The van der Waals surface area contributed by atoms with E-state index in [9.17, 15) is 0 Å². The Hall–Kier alpha value is -1.98. The van der Waals surface area contributed by atoms with E-state index in [1.54, 1.807) is 17.4 Å². The number of hydrogen-bond donors (Lipinski definition) is 1. The first kappa shape index (κ1) is 14.0. The molecule has 0 fully saturated rings. The Kier molecular flexibility index (Phi) is 4.43. The van der Waals surface area contributed by atoms with Crippen LogP contribution in [0, 0.1) is 0 Å². The van der Waals surface area contributed by atoms with Crippen molar-refractivity contribution in [3.05, 3.63) is 58.1 Å². The van der Waals surface area contributed by atoms with Crippen molar-refractivity contribution >= 4 is 28.8 Å². The molecule has 0 unspecified atom stereocenters. The minimum absolute atomic E-state index is 0.431. The monoisotopic (exact) mass is 316 g/mol. The number of hydrogen-bond acceptors (Lipinski definition) is 5. The Labute approximate surface area is 131 Å². The second-order valence-corrected chi connectivity index (χ2v) is 5.73. The van der Waals surface area contributed by atoms with Crippen molar-refractivity contribution in [1.82, 2.24) is 15.0 Å². The normalized spacial score (nSPS) is 10.5. The average Bonchev–Trinajstić information content (AvgIpc) is 3.01. The van der Waals surface area contributed by atoms with Gasteiger partial charge in [-0.2, -0.15) is 0 Å². The topological polar surface area (TPSA) is 50.7 Å². The zero-order valence-electron chi connectivity index (χ0n) is 11.2. The fourth-order valence-corrected chi connectivity index (χ4v) is 2.70. The molecule has 0 aliphatic rings. The number of thiazole rings is 1. The van der Waals surface area contributed by atoms with Crippen molar-refractivity contribution in [3.63, 3.8) is 0 Å². The second kappa shape index (κ2) is 6.65. The second-order valence-electron chi connectivity index (χ2n) is 4.37. The summed E-state index contributed by atoms with van der Waals surface area (Å²) < 4.78 is 0. The molecular formula is C15H13ClN4S. The molecule has 3 aromatic rings. The molecule has 6 heteroatoms. The van der Waals surface area contributed by atoms with Crippen LogP contribution in [0.25, 0.3) is 11.4 Å². The molecule has 0 spiro atoms. The van der Waals surface area contributed by atoms with Gasteiger partial charge in [0, 0.05) is 36.2 Å². The molecule has 0 radical (unpaired) electrons. The summed E-state index contributed by atoms with van der Waals surface area (Å²) in [5.74, 6) is 1.35. The maximum absolute atomic E-state index is 6.08.